The Balaban J connectivity index is 1.86. The van der Waals surface area contributed by atoms with Gasteiger partial charge in [-0.1, -0.05) is 54.6 Å². The standard InChI is InChI=1S/C19H21NO2/c1-14-8-11-17(12-9-14)20-19(22)15(2)18(21)13-10-16-6-4-3-5-7-16/h3-9,11-12,18,21H,2,10,13H2,1H3,(H,20,22). The molecule has 0 radical (unpaired) electrons. The smallest absolute Gasteiger partial charge is 0.253 e. The molecule has 0 aromatic heterocycles. The summed E-state index contributed by atoms with van der Waals surface area (Å²) < 4.78 is 0. The van der Waals surface area contributed by atoms with Gasteiger partial charge in [-0.3, -0.25) is 4.79 Å². The molecule has 1 atom stereocenters. The van der Waals surface area contributed by atoms with Crippen molar-refractivity contribution in [1.29, 1.82) is 0 Å². The van der Waals surface area contributed by atoms with Gasteiger partial charge in [-0.05, 0) is 37.5 Å². The number of aliphatic hydroxyl groups is 1. The number of amides is 1. The summed E-state index contributed by atoms with van der Waals surface area (Å²) in [5.74, 6) is -0.343. The SMILES string of the molecule is C=C(C(=O)Nc1ccc(C)cc1)C(O)CCc1ccccc1. The summed E-state index contributed by atoms with van der Waals surface area (Å²) in [5, 5.41) is 12.9. The predicted molar refractivity (Wildman–Crippen MR) is 89.7 cm³/mol. The highest BCUT2D eigenvalue weighted by molar-refractivity contribution is 6.03. The van der Waals surface area contributed by atoms with E-state index >= 15 is 0 Å². The molecule has 0 aliphatic carbocycles. The number of hydrogen-bond acceptors (Lipinski definition) is 2. The first-order valence-electron chi connectivity index (χ1n) is 7.35. The van der Waals surface area contributed by atoms with Gasteiger partial charge in [-0.25, -0.2) is 0 Å². The van der Waals surface area contributed by atoms with E-state index in [1.54, 1.807) is 0 Å². The molecule has 0 spiro atoms. The van der Waals surface area contributed by atoms with Gasteiger partial charge in [0.1, 0.15) is 0 Å². The van der Waals surface area contributed by atoms with Gasteiger partial charge in [-0.15, -0.1) is 0 Å². The molecule has 0 aliphatic heterocycles. The van der Waals surface area contributed by atoms with Crippen LogP contribution in [0.25, 0.3) is 0 Å². The summed E-state index contributed by atoms with van der Waals surface area (Å²) >= 11 is 0. The van der Waals surface area contributed by atoms with Gasteiger partial charge >= 0.3 is 0 Å². The molecule has 1 unspecified atom stereocenters. The molecule has 0 saturated heterocycles. The van der Waals surface area contributed by atoms with Gasteiger partial charge in [0.2, 0.25) is 0 Å². The molecule has 3 heteroatoms. The van der Waals surface area contributed by atoms with Crippen LogP contribution in [-0.4, -0.2) is 17.1 Å². The number of nitrogens with one attached hydrogen (secondary N) is 1. The van der Waals surface area contributed by atoms with Crippen molar-refractivity contribution in [2.75, 3.05) is 5.32 Å². The van der Waals surface area contributed by atoms with Crippen molar-refractivity contribution in [3.63, 3.8) is 0 Å². The summed E-state index contributed by atoms with van der Waals surface area (Å²) in [7, 11) is 0. The minimum atomic E-state index is -0.842. The predicted octanol–water partition coefficient (Wildman–Crippen LogP) is 3.48. The van der Waals surface area contributed by atoms with E-state index in [0.29, 0.717) is 18.5 Å². The molecule has 1 amide bonds. The van der Waals surface area contributed by atoms with Crippen LogP contribution in [0.4, 0.5) is 5.69 Å². The highest BCUT2D eigenvalue weighted by Gasteiger charge is 2.16. The van der Waals surface area contributed by atoms with Crippen molar-refractivity contribution >= 4 is 11.6 Å². The van der Waals surface area contributed by atoms with Crippen LogP contribution in [0.15, 0.2) is 66.7 Å². The maximum Gasteiger partial charge on any atom is 0.253 e. The quantitative estimate of drug-likeness (QED) is 0.802. The molecule has 2 N–H and O–H groups in total. The number of aryl methyl sites for hydroxylation is 2. The van der Waals surface area contributed by atoms with Gasteiger partial charge < -0.3 is 10.4 Å². The minimum Gasteiger partial charge on any atom is -0.388 e. The van der Waals surface area contributed by atoms with Crippen molar-refractivity contribution in [3.05, 3.63) is 77.9 Å². The van der Waals surface area contributed by atoms with Crippen LogP contribution in [0, 0.1) is 6.92 Å². The van der Waals surface area contributed by atoms with E-state index in [1.165, 1.54) is 0 Å². The van der Waals surface area contributed by atoms with E-state index in [-0.39, 0.29) is 11.5 Å². The van der Waals surface area contributed by atoms with Crippen molar-refractivity contribution in [2.24, 2.45) is 0 Å². The Kier molecular flexibility index (Phi) is 5.50. The third kappa shape index (κ3) is 4.57. The summed E-state index contributed by atoms with van der Waals surface area (Å²) in [6.45, 7) is 5.70. The molecule has 2 aromatic rings. The highest BCUT2D eigenvalue weighted by Crippen LogP contribution is 2.14. The van der Waals surface area contributed by atoms with E-state index < -0.39 is 6.10 Å². The Morgan fingerprint density at radius 2 is 1.77 bits per heavy atom. The molecule has 0 saturated carbocycles. The lowest BCUT2D eigenvalue weighted by Crippen LogP contribution is -2.23. The lowest BCUT2D eigenvalue weighted by atomic mass is 10.0. The first kappa shape index (κ1) is 16.0. The fraction of sp³-hybridized carbons (Fsp3) is 0.211. The molecule has 3 nitrogen and oxygen atoms in total. The highest BCUT2D eigenvalue weighted by atomic mass is 16.3. The third-order valence-corrected chi connectivity index (χ3v) is 3.55. The molecule has 0 bridgehead atoms. The monoisotopic (exact) mass is 295 g/mol. The van der Waals surface area contributed by atoms with Crippen LogP contribution in [0.1, 0.15) is 17.5 Å². The molecule has 22 heavy (non-hydrogen) atoms. The zero-order valence-electron chi connectivity index (χ0n) is 12.8. The zero-order valence-corrected chi connectivity index (χ0v) is 12.8. The second-order valence-corrected chi connectivity index (χ2v) is 5.39. The number of anilines is 1. The largest absolute Gasteiger partial charge is 0.388 e. The maximum absolute atomic E-state index is 12.1. The molecule has 0 heterocycles. The van der Waals surface area contributed by atoms with E-state index in [1.807, 2.05) is 61.5 Å². The Morgan fingerprint density at radius 3 is 2.41 bits per heavy atom. The molecule has 2 aromatic carbocycles. The van der Waals surface area contributed by atoms with E-state index in [4.69, 9.17) is 0 Å². The van der Waals surface area contributed by atoms with Gasteiger partial charge in [0, 0.05) is 11.3 Å². The zero-order chi connectivity index (χ0) is 15.9. The number of carbonyl (C=O) groups excluding carboxylic acids is 1. The molecule has 2 rings (SSSR count). The van der Waals surface area contributed by atoms with Gasteiger partial charge in [0.05, 0.1) is 6.10 Å². The first-order valence-corrected chi connectivity index (χ1v) is 7.35. The second-order valence-electron chi connectivity index (χ2n) is 5.39. The van der Waals surface area contributed by atoms with Crippen LogP contribution in [0.2, 0.25) is 0 Å². The number of rotatable bonds is 6. The second kappa shape index (κ2) is 7.57. The Bertz CT molecular complexity index is 632. The first-order chi connectivity index (χ1) is 10.6. The number of carbonyl (C=O) groups is 1. The van der Waals surface area contributed by atoms with Crippen LogP contribution in [-0.2, 0) is 11.2 Å². The molecular weight excluding hydrogens is 274 g/mol. The van der Waals surface area contributed by atoms with Crippen molar-refractivity contribution in [1.82, 2.24) is 0 Å². The average Bonchev–Trinajstić information content (AvgIpc) is 2.55. The van der Waals surface area contributed by atoms with Crippen LogP contribution < -0.4 is 5.32 Å². The van der Waals surface area contributed by atoms with E-state index in [9.17, 15) is 9.90 Å². The fourth-order valence-electron chi connectivity index (χ4n) is 2.12. The van der Waals surface area contributed by atoms with Crippen LogP contribution in [0.5, 0.6) is 0 Å². The number of hydrogen-bond donors (Lipinski definition) is 2. The lowest BCUT2D eigenvalue weighted by Gasteiger charge is -2.14. The Hall–Kier alpha value is -2.39. The molecule has 0 aliphatic rings. The van der Waals surface area contributed by atoms with E-state index in [0.717, 1.165) is 11.1 Å². The van der Waals surface area contributed by atoms with Crippen molar-refractivity contribution in [3.8, 4) is 0 Å². The van der Waals surface area contributed by atoms with Crippen LogP contribution in [0.3, 0.4) is 0 Å². The maximum atomic E-state index is 12.1. The topological polar surface area (TPSA) is 49.3 Å². The number of aliphatic hydroxyl groups excluding tert-OH is 1. The van der Waals surface area contributed by atoms with Crippen LogP contribution >= 0.6 is 0 Å². The summed E-state index contributed by atoms with van der Waals surface area (Å²) in [6.07, 6.45) is 0.342. The Labute approximate surface area is 131 Å². The normalized spacial score (nSPS) is 11.7. The summed E-state index contributed by atoms with van der Waals surface area (Å²) in [5.41, 5.74) is 3.15. The lowest BCUT2D eigenvalue weighted by molar-refractivity contribution is -0.113. The summed E-state index contributed by atoms with van der Waals surface area (Å²) in [6, 6.07) is 17.4. The minimum absolute atomic E-state index is 0.191. The molecule has 0 fully saturated rings. The van der Waals surface area contributed by atoms with Crippen molar-refractivity contribution in [2.45, 2.75) is 25.9 Å². The Morgan fingerprint density at radius 1 is 1.14 bits per heavy atom. The molecular formula is C19H21NO2. The molecule has 114 valence electrons. The fourth-order valence-corrected chi connectivity index (χ4v) is 2.12. The third-order valence-electron chi connectivity index (χ3n) is 3.55. The van der Waals surface area contributed by atoms with Crippen molar-refractivity contribution < 1.29 is 9.90 Å². The summed E-state index contributed by atoms with van der Waals surface area (Å²) in [4.78, 5) is 12.1. The average molecular weight is 295 g/mol. The van der Waals surface area contributed by atoms with Gasteiger partial charge in [0.25, 0.3) is 5.91 Å². The number of benzene rings is 2. The van der Waals surface area contributed by atoms with E-state index in [2.05, 4.69) is 11.9 Å². The van der Waals surface area contributed by atoms with Gasteiger partial charge in [0.15, 0.2) is 0 Å². The van der Waals surface area contributed by atoms with Gasteiger partial charge in [-0.2, -0.15) is 0 Å².